The monoisotopic (exact) mass is 276 g/mol. The summed E-state index contributed by atoms with van der Waals surface area (Å²) in [7, 11) is 4.11. The van der Waals surface area contributed by atoms with Crippen LogP contribution in [0.2, 0.25) is 0 Å². The molecule has 0 aromatic heterocycles. The highest BCUT2D eigenvalue weighted by atomic mass is 16.5. The van der Waals surface area contributed by atoms with E-state index in [1.165, 1.54) is 18.5 Å². The second kappa shape index (κ2) is 6.98. The van der Waals surface area contributed by atoms with E-state index in [0.717, 1.165) is 30.7 Å². The maximum absolute atomic E-state index is 5.70. The zero-order valence-corrected chi connectivity index (χ0v) is 13.2. The molecule has 0 radical (unpaired) electrons. The van der Waals surface area contributed by atoms with Crippen molar-refractivity contribution in [2.45, 2.75) is 32.7 Å². The first kappa shape index (κ1) is 15.2. The molecule has 0 bridgehead atoms. The summed E-state index contributed by atoms with van der Waals surface area (Å²) in [5.41, 5.74) is 1.21. The summed E-state index contributed by atoms with van der Waals surface area (Å²) >= 11 is 0. The molecule has 1 aliphatic rings. The van der Waals surface area contributed by atoms with Gasteiger partial charge in [0.1, 0.15) is 12.4 Å². The number of ether oxygens (including phenoxy) is 1. The Kier molecular flexibility index (Phi) is 5.30. The molecule has 0 atom stereocenters. The Morgan fingerprint density at radius 1 is 1.20 bits per heavy atom. The van der Waals surface area contributed by atoms with Crippen LogP contribution in [-0.4, -0.2) is 38.2 Å². The van der Waals surface area contributed by atoms with Crippen LogP contribution in [0, 0.1) is 11.8 Å². The summed E-state index contributed by atoms with van der Waals surface area (Å²) in [6.07, 6.45) is 2.61. The minimum Gasteiger partial charge on any atom is -0.492 e. The third kappa shape index (κ3) is 4.41. The summed E-state index contributed by atoms with van der Waals surface area (Å²) in [4.78, 5) is 2.12. The van der Waals surface area contributed by atoms with Gasteiger partial charge in [-0.1, -0.05) is 13.8 Å². The van der Waals surface area contributed by atoms with Crippen molar-refractivity contribution in [3.05, 3.63) is 24.3 Å². The number of rotatable bonds is 7. The third-order valence-corrected chi connectivity index (χ3v) is 4.15. The van der Waals surface area contributed by atoms with Gasteiger partial charge in [0.15, 0.2) is 0 Å². The van der Waals surface area contributed by atoms with Crippen molar-refractivity contribution in [1.29, 1.82) is 0 Å². The van der Waals surface area contributed by atoms with Crippen LogP contribution in [0.5, 0.6) is 5.75 Å². The van der Waals surface area contributed by atoms with Crippen LogP contribution in [0.3, 0.4) is 0 Å². The number of hydrogen-bond acceptors (Lipinski definition) is 3. The molecule has 3 nitrogen and oxygen atoms in total. The molecule has 1 aliphatic carbocycles. The fourth-order valence-electron chi connectivity index (χ4n) is 2.55. The molecule has 1 aromatic rings. The normalized spacial score (nSPS) is 21.9. The number of likely N-dealkylation sites (N-methyl/N-ethyl adjacent to an activating group) is 1. The number of nitrogens with one attached hydrogen (secondary N) is 1. The van der Waals surface area contributed by atoms with Gasteiger partial charge in [0.25, 0.3) is 0 Å². The highest BCUT2D eigenvalue weighted by Crippen LogP contribution is 2.35. The van der Waals surface area contributed by atoms with E-state index in [1.807, 2.05) is 0 Å². The molecule has 0 saturated heterocycles. The van der Waals surface area contributed by atoms with Crippen LogP contribution >= 0.6 is 0 Å². The zero-order valence-electron chi connectivity index (χ0n) is 13.2. The van der Waals surface area contributed by atoms with E-state index in [1.54, 1.807) is 0 Å². The maximum atomic E-state index is 5.70. The molecule has 0 amide bonds. The molecule has 3 heteroatoms. The number of benzene rings is 1. The zero-order chi connectivity index (χ0) is 14.5. The standard InChI is InChI=1S/C17H28N2O/c1-13(2)14-11-16(12-14)18-15-5-7-17(8-6-15)20-10-9-19(3)4/h5-8,13-14,16,18H,9-12H2,1-4H3. The lowest BCUT2D eigenvalue weighted by Gasteiger charge is -2.39. The van der Waals surface area contributed by atoms with Crippen molar-refractivity contribution in [3.8, 4) is 5.75 Å². The SMILES string of the molecule is CC(C)C1CC(Nc2ccc(OCCN(C)C)cc2)C1. The smallest absolute Gasteiger partial charge is 0.119 e. The van der Waals surface area contributed by atoms with Crippen LogP contribution < -0.4 is 10.1 Å². The van der Waals surface area contributed by atoms with Gasteiger partial charge in [0, 0.05) is 18.3 Å². The average molecular weight is 276 g/mol. The minimum atomic E-state index is 0.655. The lowest BCUT2D eigenvalue weighted by molar-refractivity contribution is 0.212. The molecule has 112 valence electrons. The number of nitrogens with zero attached hydrogens (tertiary/aromatic N) is 1. The minimum absolute atomic E-state index is 0.655. The first-order valence-corrected chi connectivity index (χ1v) is 7.68. The highest BCUT2D eigenvalue weighted by molar-refractivity contribution is 5.47. The van der Waals surface area contributed by atoms with E-state index in [-0.39, 0.29) is 0 Å². The lowest BCUT2D eigenvalue weighted by atomic mass is 9.73. The van der Waals surface area contributed by atoms with Crippen molar-refractivity contribution in [2.75, 3.05) is 32.6 Å². The molecular formula is C17H28N2O. The van der Waals surface area contributed by atoms with E-state index < -0.39 is 0 Å². The molecule has 0 unspecified atom stereocenters. The summed E-state index contributed by atoms with van der Waals surface area (Å²) in [6.45, 7) is 6.32. The topological polar surface area (TPSA) is 24.5 Å². The van der Waals surface area contributed by atoms with Gasteiger partial charge in [-0.3, -0.25) is 0 Å². The second-order valence-electron chi connectivity index (χ2n) is 6.49. The van der Waals surface area contributed by atoms with Crippen LogP contribution in [0.1, 0.15) is 26.7 Å². The Morgan fingerprint density at radius 2 is 1.85 bits per heavy atom. The number of anilines is 1. The second-order valence-corrected chi connectivity index (χ2v) is 6.49. The Hall–Kier alpha value is -1.22. The van der Waals surface area contributed by atoms with E-state index in [4.69, 9.17) is 4.74 Å². The molecule has 0 spiro atoms. The molecule has 0 aliphatic heterocycles. The van der Waals surface area contributed by atoms with E-state index in [0.29, 0.717) is 6.04 Å². The third-order valence-electron chi connectivity index (χ3n) is 4.15. The van der Waals surface area contributed by atoms with Crippen molar-refractivity contribution >= 4 is 5.69 Å². The lowest BCUT2D eigenvalue weighted by Crippen LogP contribution is -2.37. The maximum Gasteiger partial charge on any atom is 0.119 e. The van der Waals surface area contributed by atoms with Gasteiger partial charge in [0.2, 0.25) is 0 Å². The molecule has 1 aromatic carbocycles. The van der Waals surface area contributed by atoms with Crippen LogP contribution in [0.4, 0.5) is 5.69 Å². The predicted molar refractivity (Wildman–Crippen MR) is 85.5 cm³/mol. The number of hydrogen-bond donors (Lipinski definition) is 1. The van der Waals surface area contributed by atoms with Gasteiger partial charge in [-0.2, -0.15) is 0 Å². The fourth-order valence-corrected chi connectivity index (χ4v) is 2.55. The van der Waals surface area contributed by atoms with Gasteiger partial charge in [-0.05, 0) is 63.0 Å². The Bertz CT molecular complexity index is 394. The first-order valence-electron chi connectivity index (χ1n) is 7.68. The van der Waals surface area contributed by atoms with Crippen molar-refractivity contribution in [1.82, 2.24) is 4.90 Å². The summed E-state index contributed by atoms with van der Waals surface area (Å²) < 4.78 is 5.70. The van der Waals surface area contributed by atoms with Gasteiger partial charge < -0.3 is 15.0 Å². The molecule has 20 heavy (non-hydrogen) atoms. The molecule has 0 heterocycles. The van der Waals surface area contributed by atoms with E-state index >= 15 is 0 Å². The van der Waals surface area contributed by atoms with E-state index in [9.17, 15) is 0 Å². The van der Waals surface area contributed by atoms with E-state index in [2.05, 4.69) is 62.4 Å². The van der Waals surface area contributed by atoms with Crippen molar-refractivity contribution in [3.63, 3.8) is 0 Å². The van der Waals surface area contributed by atoms with Crippen LogP contribution in [-0.2, 0) is 0 Å². The molecule has 1 fully saturated rings. The van der Waals surface area contributed by atoms with Gasteiger partial charge in [0.05, 0.1) is 0 Å². The Labute approximate surface area is 123 Å². The predicted octanol–water partition coefficient (Wildman–Crippen LogP) is 3.47. The summed E-state index contributed by atoms with van der Waals surface area (Å²) in [5.74, 6) is 2.67. The quantitative estimate of drug-likeness (QED) is 0.825. The molecule has 1 saturated carbocycles. The van der Waals surface area contributed by atoms with Crippen molar-refractivity contribution in [2.24, 2.45) is 11.8 Å². The first-order chi connectivity index (χ1) is 9.54. The highest BCUT2D eigenvalue weighted by Gasteiger charge is 2.30. The van der Waals surface area contributed by atoms with Gasteiger partial charge in [-0.15, -0.1) is 0 Å². The molecule has 2 rings (SSSR count). The Balaban J connectivity index is 1.72. The average Bonchev–Trinajstić information content (AvgIpc) is 2.34. The Morgan fingerprint density at radius 3 is 2.40 bits per heavy atom. The fraction of sp³-hybridized carbons (Fsp3) is 0.647. The van der Waals surface area contributed by atoms with Crippen molar-refractivity contribution < 1.29 is 4.74 Å². The molecule has 1 N–H and O–H groups in total. The van der Waals surface area contributed by atoms with Gasteiger partial charge in [-0.25, -0.2) is 0 Å². The van der Waals surface area contributed by atoms with Gasteiger partial charge >= 0.3 is 0 Å². The summed E-state index contributed by atoms with van der Waals surface area (Å²) in [6, 6.07) is 9.00. The largest absolute Gasteiger partial charge is 0.492 e. The van der Waals surface area contributed by atoms with Crippen LogP contribution in [0.25, 0.3) is 0 Å². The van der Waals surface area contributed by atoms with Crippen LogP contribution in [0.15, 0.2) is 24.3 Å². The molecular weight excluding hydrogens is 248 g/mol. The summed E-state index contributed by atoms with van der Waals surface area (Å²) in [5, 5.41) is 3.60.